The first kappa shape index (κ1) is 15.9. The molecule has 0 aromatic carbocycles. The fourth-order valence-corrected chi connectivity index (χ4v) is 2.34. The van der Waals surface area contributed by atoms with E-state index < -0.39 is 11.4 Å². The van der Waals surface area contributed by atoms with E-state index in [1.54, 1.807) is 12.3 Å². The molecule has 0 aliphatic heterocycles. The molecule has 0 spiro atoms. The van der Waals surface area contributed by atoms with Gasteiger partial charge in [-0.15, -0.1) is 0 Å². The van der Waals surface area contributed by atoms with Crippen LogP contribution in [0.2, 0.25) is 0 Å². The maximum Gasteiger partial charge on any atom is 0.311 e. The lowest BCUT2D eigenvalue weighted by atomic mass is 9.82. The SMILES string of the molecule is CCC(CC)(CNC(=O)c1cnn2ccc(C)nc12)C(=O)O. The van der Waals surface area contributed by atoms with Crippen LogP contribution in [-0.4, -0.2) is 38.1 Å². The lowest BCUT2D eigenvalue weighted by Gasteiger charge is -2.26. The molecule has 0 radical (unpaired) electrons. The number of aryl methyl sites for hydroxylation is 1. The zero-order chi connectivity index (χ0) is 16.3. The Bertz CT molecular complexity index is 704. The topological polar surface area (TPSA) is 96.6 Å². The van der Waals surface area contributed by atoms with Crippen molar-refractivity contribution >= 4 is 17.5 Å². The number of hydrogen-bond donors (Lipinski definition) is 2. The summed E-state index contributed by atoms with van der Waals surface area (Å²) in [7, 11) is 0. The molecular formula is C15H20N4O3. The van der Waals surface area contributed by atoms with E-state index >= 15 is 0 Å². The fraction of sp³-hybridized carbons (Fsp3) is 0.467. The molecule has 0 fully saturated rings. The molecule has 2 rings (SSSR count). The Balaban J connectivity index is 2.21. The third-order valence-corrected chi connectivity index (χ3v) is 4.15. The van der Waals surface area contributed by atoms with Crippen molar-refractivity contribution in [3.63, 3.8) is 0 Å². The van der Waals surface area contributed by atoms with Gasteiger partial charge in [-0.3, -0.25) is 9.59 Å². The highest BCUT2D eigenvalue weighted by Crippen LogP contribution is 2.25. The average Bonchev–Trinajstić information content (AvgIpc) is 2.91. The van der Waals surface area contributed by atoms with Crippen molar-refractivity contribution in [1.29, 1.82) is 0 Å². The molecule has 0 saturated carbocycles. The number of fused-ring (bicyclic) bond motifs is 1. The molecule has 7 heteroatoms. The van der Waals surface area contributed by atoms with Crippen LogP contribution in [0.25, 0.3) is 5.65 Å². The first-order chi connectivity index (χ1) is 10.4. The van der Waals surface area contributed by atoms with Crippen molar-refractivity contribution in [2.45, 2.75) is 33.6 Å². The predicted octanol–water partition coefficient (Wildman–Crippen LogP) is 1.66. The molecule has 0 unspecified atom stereocenters. The number of aromatic nitrogens is 3. The molecule has 0 saturated heterocycles. The number of hydrogen-bond acceptors (Lipinski definition) is 4. The van der Waals surface area contributed by atoms with Gasteiger partial charge in [0, 0.05) is 18.4 Å². The van der Waals surface area contributed by atoms with Gasteiger partial charge >= 0.3 is 5.97 Å². The van der Waals surface area contributed by atoms with Gasteiger partial charge in [0.05, 0.1) is 11.6 Å². The van der Waals surface area contributed by atoms with E-state index in [1.165, 1.54) is 10.7 Å². The monoisotopic (exact) mass is 304 g/mol. The van der Waals surface area contributed by atoms with E-state index in [-0.39, 0.29) is 12.5 Å². The van der Waals surface area contributed by atoms with Gasteiger partial charge in [-0.1, -0.05) is 13.8 Å². The smallest absolute Gasteiger partial charge is 0.311 e. The number of carbonyl (C=O) groups is 2. The average molecular weight is 304 g/mol. The van der Waals surface area contributed by atoms with E-state index in [0.717, 1.165) is 5.69 Å². The van der Waals surface area contributed by atoms with Crippen LogP contribution in [-0.2, 0) is 4.79 Å². The molecule has 1 amide bonds. The minimum absolute atomic E-state index is 0.0807. The molecule has 118 valence electrons. The highest BCUT2D eigenvalue weighted by atomic mass is 16.4. The van der Waals surface area contributed by atoms with Crippen molar-refractivity contribution in [3.8, 4) is 0 Å². The zero-order valence-corrected chi connectivity index (χ0v) is 13.0. The number of carboxylic acids is 1. The lowest BCUT2D eigenvalue weighted by Crippen LogP contribution is -2.42. The van der Waals surface area contributed by atoms with Gasteiger partial charge in [-0.2, -0.15) is 5.10 Å². The quantitative estimate of drug-likeness (QED) is 0.846. The first-order valence-corrected chi connectivity index (χ1v) is 7.26. The molecular weight excluding hydrogens is 284 g/mol. The Morgan fingerprint density at radius 1 is 1.36 bits per heavy atom. The van der Waals surface area contributed by atoms with Crippen LogP contribution in [0.1, 0.15) is 42.7 Å². The van der Waals surface area contributed by atoms with E-state index in [1.807, 2.05) is 20.8 Å². The maximum absolute atomic E-state index is 12.3. The first-order valence-electron chi connectivity index (χ1n) is 7.26. The summed E-state index contributed by atoms with van der Waals surface area (Å²) in [5.74, 6) is -1.26. The summed E-state index contributed by atoms with van der Waals surface area (Å²) >= 11 is 0. The van der Waals surface area contributed by atoms with Crippen LogP contribution in [0.15, 0.2) is 18.5 Å². The molecule has 7 nitrogen and oxygen atoms in total. The number of rotatable bonds is 6. The van der Waals surface area contributed by atoms with E-state index in [2.05, 4.69) is 15.4 Å². The summed E-state index contributed by atoms with van der Waals surface area (Å²) in [5, 5.41) is 16.2. The maximum atomic E-state index is 12.3. The zero-order valence-electron chi connectivity index (χ0n) is 13.0. The second kappa shape index (κ2) is 6.13. The van der Waals surface area contributed by atoms with Gasteiger partial charge in [0.25, 0.3) is 5.91 Å². The Kier molecular flexibility index (Phi) is 4.44. The van der Waals surface area contributed by atoms with Gasteiger partial charge in [-0.25, -0.2) is 9.50 Å². The number of carboxylic acid groups (broad SMARTS) is 1. The molecule has 22 heavy (non-hydrogen) atoms. The highest BCUT2D eigenvalue weighted by Gasteiger charge is 2.35. The summed E-state index contributed by atoms with van der Waals surface area (Å²) in [6.07, 6.45) is 4.07. The van der Waals surface area contributed by atoms with Crippen LogP contribution in [0.4, 0.5) is 0 Å². The van der Waals surface area contributed by atoms with Crippen LogP contribution in [0, 0.1) is 12.3 Å². The number of nitrogens with one attached hydrogen (secondary N) is 1. The molecule has 0 aliphatic rings. The Morgan fingerprint density at radius 2 is 2.05 bits per heavy atom. The summed E-state index contributed by atoms with van der Waals surface area (Å²) in [4.78, 5) is 28.1. The minimum Gasteiger partial charge on any atom is -0.481 e. The third kappa shape index (κ3) is 2.79. The molecule has 0 atom stereocenters. The molecule has 0 aliphatic carbocycles. The van der Waals surface area contributed by atoms with Gasteiger partial charge in [-0.05, 0) is 25.8 Å². The number of amides is 1. The highest BCUT2D eigenvalue weighted by molar-refractivity contribution is 5.99. The van der Waals surface area contributed by atoms with Crippen LogP contribution < -0.4 is 5.32 Å². The van der Waals surface area contributed by atoms with Crippen molar-refractivity contribution < 1.29 is 14.7 Å². The van der Waals surface area contributed by atoms with Crippen LogP contribution >= 0.6 is 0 Å². The number of nitrogens with zero attached hydrogens (tertiary/aromatic N) is 3. The van der Waals surface area contributed by atoms with Crippen molar-refractivity contribution in [2.75, 3.05) is 6.54 Å². The van der Waals surface area contributed by atoms with E-state index in [0.29, 0.717) is 24.1 Å². The van der Waals surface area contributed by atoms with Crippen LogP contribution in [0.3, 0.4) is 0 Å². The predicted molar refractivity (Wildman–Crippen MR) is 80.7 cm³/mol. The van der Waals surface area contributed by atoms with Crippen molar-refractivity contribution in [1.82, 2.24) is 19.9 Å². The van der Waals surface area contributed by atoms with E-state index in [4.69, 9.17) is 0 Å². The Labute approximate surface area is 128 Å². The minimum atomic E-state index is -0.942. The summed E-state index contributed by atoms with van der Waals surface area (Å²) in [6.45, 7) is 5.53. The molecule has 2 N–H and O–H groups in total. The Morgan fingerprint density at radius 3 is 2.64 bits per heavy atom. The second-order valence-electron chi connectivity index (χ2n) is 5.37. The molecule has 0 bridgehead atoms. The van der Waals surface area contributed by atoms with Crippen molar-refractivity contribution in [3.05, 3.63) is 29.7 Å². The van der Waals surface area contributed by atoms with Gasteiger partial charge < -0.3 is 10.4 Å². The number of aliphatic carboxylic acids is 1. The molecule has 2 aromatic rings. The summed E-state index contributed by atoms with van der Waals surface area (Å²) < 4.78 is 1.52. The number of carbonyl (C=O) groups excluding carboxylic acids is 1. The molecule has 2 heterocycles. The molecule has 2 aromatic heterocycles. The van der Waals surface area contributed by atoms with Crippen LogP contribution in [0.5, 0.6) is 0 Å². The third-order valence-electron chi connectivity index (χ3n) is 4.15. The fourth-order valence-electron chi connectivity index (χ4n) is 2.34. The summed E-state index contributed by atoms with van der Waals surface area (Å²) in [6, 6.07) is 1.80. The lowest BCUT2D eigenvalue weighted by molar-refractivity contribution is -0.149. The van der Waals surface area contributed by atoms with Gasteiger partial charge in [0.2, 0.25) is 0 Å². The van der Waals surface area contributed by atoms with Gasteiger partial charge in [0.1, 0.15) is 5.56 Å². The summed E-state index contributed by atoms with van der Waals surface area (Å²) in [5.41, 5.74) is 0.646. The van der Waals surface area contributed by atoms with E-state index in [9.17, 15) is 14.7 Å². The Hall–Kier alpha value is -2.44. The standard InChI is InChI=1S/C15H20N4O3/c1-4-15(5-2,14(21)22)9-16-13(20)11-8-17-19-7-6-10(3)18-12(11)19/h6-8H,4-5,9H2,1-3H3,(H,16,20)(H,21,22). The van der Waals surface area contributed by atoms with Crippen molar-refractivity contribution in [2.24, 2.45) is 5.41 Å². The normalized spacial score (nSPS) is 11.6. The van der Waals surface area contributed by atoms with Gasteiger partial charge in [0.15, 0.2) is 5.65 Å². The largest absolute Gasteiger partial charge is 0.481 e. The second-order valence-corrected chi connectivity index (χ2v) is 5.37.